The van der Waals surface area contributed by atoms with Crippen molar-refractivity contribution in [2.45, 2.75) is 94.4 Å². The summed E-state index contributed by atoms with van der Waals surface area (Å²) in [5.74, 6) is 0.617. The first-order valence-electron chi connectivity index (χ1n) is 21.7. The molecule has 0 bridgehead atoms. The van der Waals surface area contributed by atoms with Gasteiger partial charge < -0.3 is 65.1 Å². The number of hydrogen-bond acceptors (Lipinski definition) is 14. The molecular weight excluding hydrogens is 829 g/mol. The number of carbonyl (C=O) groups is 1. The number of nitrogens with one attached hydrogen (secondary N) is 3. The van der Waals surface area contributed by atoms with Crippen LogP contribution < -0.4 is 20.8 Å². The Hall–Kier alpha value is -5.50. The van der Waals surface area contributed by atoms with Crippen molar-refractivity contribution in [2.24, 2.45) is 5.92 Å². The predicted octanol–water partition coefficient (Wildman–Crippen LogP) is 3.07. The largest absolute Gasteiger partial charge is 0.508 e. The van der Waals surface area contributed by atoms with Gasteiger partial charge in [-0.1, -0.05) is 13.0 Å². The smallest absolute Gasteiger partial charge is 0.220 e. The number of benzene rings is 3. The second-order valence-corrected chi connectivity index (χ2v) is 17.3. The Balaban J connectivity index is 1.22. The Kier molecular flexibility index (Phi) is 12.8. The molecule has 0 radical (unpaired) electrons. The van der Waals surface area contributed by atoms with Crippen LogP contribution >= 0.6 is 0 Å². The third-order valence-electron chi connectivity index (χ3n) is 13.0. The number of aliphatic hydroxyl groups excluding tert-OH is 4. The van der Waals surface area contributed by atoms with E-state index in [1.54, 1.807) is 13.0 Å². The lowest BCUT2D eigenvalue weighted by atomic mass is 9.79. The fraction of sp³-hybridized carbons (Fsp3) is 0.447. The van der Waals surface area contributed by atoms with Crippen LogP contribution in [-0.2, 0) is 33.8 Å². The molecule has 1 amide bonds. The normalized spacial score (nSPS) is 21.2. The Labute approximate surface area is 367 Å². The Morgan fingerprint density at radius 3 is 2.56 bits per heavy atom. The Bertz CT molecular complexity index is 2730. The summed E-state index contributed by atoms with van der Waals surface area (Å²) in [5, 5.41) is 84.0. The summed E-state index contributed by atoms with van der Waals surface area (Å²) in [7, 11) is 1.81. The number of carbonyl (C=O) groups excluding carboxylic acids is 1. The van der Waals surface area contributed by atoms with Crippen molar-refractivity contribution in [2.75, 3.05) is 33.4 Å². The van der Waals surface area contributed by atoms with E-state index in [0.29, 0.717) is 95.3 Å². The van der Waals surface area contributed by atoms with Crippen LogP contribution in [0.5, 0.6) is 17.2 Å². The van der Waals surface area contributed by atoms with Crippen molar-refractivity contribution < 1.29 is 59.5 Å². The number of aromatic nitrogens is 2. The molecule has 3 aromatic heterocycles. The number of aryl methyl sites for hydroxylation is 2. The highest BCUT2D eigenvalue weighted by Gasteiger charge is 2.50. The molecule has 0 unspecified atom stereocenters. The zero-order valence-corrected chi connectivity index (χ0v) is 36.0. The summed E-state index contributed by atoms with van der Waals surface area (Å²) in [6.07, 6.45) is -1.17. The van der Waals surface area contributed by atoms with Gasteiger partial charge in [0, 0.05) is 72.7 Å². The maximum atomic E-state index is 13.8. The molecule has 2 aliphatic heterocycles. The minimum Gasteiger partial charge on any atom is -0.508 e. The van der Waals surface area contributed by atoms with E-state index in [-0.39, 0.29) is 35.2 Å². The number of phenolic OH excluding ortho intramolecular Hbond substituents is 2. The number of aromatic amines is 1. The van der Waals surface area contributed by atoms with Crippen molar-refractivity contribution in [3.05, 3.63) is 93.7 Å². The standard InChI is InChI=1S/C47H56N4O13/c1-4-35-31-10-13-49-34(31)22-51(35)41-43-28(17-33-37(55)15-25(2)62-44(33)41)18-39(47(63-43,12-14-48-3)11-9-26-16-40(57)50-21-26)64-61-24-46(60,45(59)42(58)38(56)23-52)20-27-5-8-36(54)30-7-6-29(53)19-32(27)30/h5-8,10,13,15,17,19,22,26,38-39,42,45,48-49,52-54,56,58-60H,4,9,11-12,14,16,18,20-21,23-24H2,1-3H3,(H,50,57)/t26-,38+,39+,42+,45-,46-,47-/m0/s1. The molecule has 5 heterocycles. The van der Waals surface area contributed by atoms with E-state index in [9.17, 15) is 45.3 Å². The minimum absolute atomic E-state index is 0.00139. The zero-order valence-electron chi connectivity index (χ0n) is 36.0. The second-order valence-electron chi connectivity index (χ2n) is 17.3. The number of H-pyrrole nitrogens is 1. The van der Waals surface area contributed by atoms with Gasteiger partial charge in [-0.25, -0.2) is 9.78 Å². The lowest BCUT2D eigenvalue weighted by molar-refractivity contribution is -0.373. The molecule has 1 saturated heterocycles. The molecule has 1 fully saturated rings. The number of aliphatic hydroxyl groups is 5. The lowest BCUT2D eigenvalue weighted by Gasteiger charge is -2.45. The third-order valence-corrected chi connectivity index (χ3v) is 13.0. The molecule has 64 heavy (non-hydrogen) atoms. The molecule has 17 nitrogen and oxygen atoms in total. The van der Waals surface area contributed by atoms with E-state index >= 15 is 0 Å². The quantitative estimate of drug-likeness (QED) is 0.0440. The van der Waals surface area contributed by atoms with Crippen LogP contribution in [0.4, 0.5) is 0 Å². The molecular formula is C47H56N4O13. The van der Waals surface area contributed by atoms with E-state index < -0.39 is 55.3 Å². The molecule has 0 saturated carbocycles. The molecule has 10 N–H and O–H groups in total. The average Bonchev–Trinajstić information content (AvgIpc) is 4.01. The van der Waals surface area contributed by atoms with Crippen LogP contribution in [0.15, 0.2) is 70.1 Å². The minimum atomic E-state index is -2.42. The van der Waals surface area contributed by atoms with Crippen molar-refractivity contribution in [3.63, 3.8) is 0 Å². The SMILES string of the molecule is CCc1c2cc[nH]c2cn1-c1c2c(cc3c(=O)cc(C)oc13)C[C@@H](OOC[C@@](O)(Cc1ccc(O)c3ccc(O)cc13)[C@@H](O)[C@H](O)[C@H](O)CO)[C@@](CCNC)(CC[C@@H]1CNC(=O)C1)O2. The number of rotatable bonds is 18. The molecule has 17 heteroatoms. The first-order valence-corrected chi connectivity index (χ1v) is 21.7. The number of ether oxygens (including phenoxy) is 1. The second kappa shape index (κ2) is 18.2. The van der Waals surface area contributed by atoms with Crippen LogP contribution in [0.25, 0.3) is 38.3 Å². The van der Waals surface area contributed by atoms with Crippen molar-refractivity contribution in [3.8, 4) is 22.9 Å². The summed E-state index contributed by atoms with van der Waals surface area (Å²) < 4.78 is 15.7. The van der Waals surface area contributed by atoms with Crippen LogP contribution in [0.2, 0.25) is 0 Å². The highest BCUT2D eigenvalue weighted by Crippen LogP contribution is 2.47. The number of hydrogen-bond donors (Lipinski definition) is 10. The van der Waals surface area contributed by atoms with Gasteiger partial charge in [0.15, 0.2) is 16.8 Å². The summed E-state index contributed by atoms with van der Waals surface area (Å²) in [4.78, 5) is 41.8. The highest BCUT2D eigenvalue weighted by molar-refractivity contribution is 5.93. The average molecular weight is 885 g/mol. The predicted molar refractivity (Wildman–Crippen MR) is 236 cm³/mol. The molecule has 8 rings (SSSR count). The molecule has 0 spiro atoms. The zero-order chi connectivity index (χ0) is 45.5. The summed E-state index contributed by atoms with van der Waals surface area (Å²) >= 11 is 0. The number of phenols is 2. The van der Waals surface area contributed by atoms with Crippen LogP contribution in [-0.4, -0.2) is 120 Å². The molecule has 2 aliphatic rings. The van der Waals surface area contributed by atoms with Crippen molar-refractivity contribution in [1.29, 1.82) is 0 Å². The molecule has 342 valence electrons. The Morgan fingerprint density at radius 1 is 1.02 bits per heavy atom. The monoisotopic (exact) mass is 884 g/mol. The first-order chi connectivity index (χ1) is 30.7. The van der Waals surface area contributed by atoms with E-state index in [2.05, 4.69) is 15.6 Å². The van der Waals surface area contributed by atoms with Gasteiger partial charge in [0.05, 0.1) is 17.5 Å². The molecule has 0 aliphatic carbocycles. The maximum Gasteiger partial charge on any atom is 0.220 e. The summed E-state index contributed by atoms with van der Waals surface area (Å²) in [6.45, 7) is 2.99. The van der Waals surface area contributed by atoms with E-state index in [4.69, 9.17) is 18.9 Å². The van der Waals surface area contributed by atoms with Gasteiger partial charge in [0.25, 0.3) is 0 Å². The summed E-state index contributed by atoms with van der Waals surface area (Å²) in [6, 6.07) is 12.3. The number of fused-ring (bicyclic) bond motifs is 4. The van der Waals surface area contributed by atoms with Crippen molar-refractivity contribution in [1.82, 2.24) is 20.2 Å². The fourth-order valence-electron chi connectivity index (χ4n) is 9.49. The highest BCUT2D eigenvalue weighted by atomic mass is 17.2. The van der Waals surface area contributed by atoms with Gasteiger partial charge in [-0.2, -0.15) is 0 Å². The van der Waals surface area contributed by atoms with E-state index in [0.717, 1.165) is 16.6 Å². The first kappa shape index (κ1) is 45.1. The van der Waals surface area contributed by atoms with Gasteiger partial charge in [-0.05, 0) is 93.0 Å². The summed E-state index contributed by atoms with van der Waals surface area (Å²) in [5.41, 5.74) is -0.185. The number of amides is 1. The topological polar surface area (TPSA) is 261 Å². The molecule has 6 aromatic rings. The molecule has 3 aromatic carbocycles. The van der Waals surface area contributed by atoms with Crippen LogP contribution in [0.3, 0.4) is 0 Å². The Morgan fingerprint density at radius 2 is 1.83 bits per heavy atom. The van der Waals surface area contributed by atoms with Crippen LogP contribution in [0, 0.1) is 12.8 Å². The van der Waals surface area contributed by atoms with Gasteiger partial charge in [0.2, 0.25) is 5.91 Å². The van der Waals surface area contributed by atoms with Crippen LogP contribution in [0.1, 0.15) is 55.2 Å². The van der Waals surface area contributed by atoms with Crippen molar-refractivity contribution >= 4 is 38.6 Å². The van der Waals surface area contributed by atoms with E-state index in [1.807, 2.05) is 37.0 Å². The lowest BCUT2D eigenvalue weighted by Crippen LogP contribution is -2.58. The van der Waals surface area contributed by atoms with Gasteiger partial charge in [0.1, 0.15) is 65.2 Å². The van der Waals surface area contributed by atoms with E-state index in [1.165, 1.54) is 36.4 Å². The number of aromatic hydroxyl groups is 2. The third kappa shape index (κ3) is 8.45. The van der Waals surface area contributed by atoms with Gasteiger partial charge in [-0.3, -0.25) is 9.59 Å². The van der Waals surface area contributed by atoms with Gasteiger partial charge >= 0.3 is 0 Å². The fourth-order valence-corrected chi connectivity index (χ4v) is 9.49. The van der Waals surface area contributed by atoms with Gasteiger partial charge in [-0.15, -0.1) is 0 Å². The maximum absolute atomic E-state index is 13.8. The number of nitrogens with zero attached hydrogens (tertiary/aromatic N) is 1. The molecule has 7 atom stereocenters.